The second kappa shape index (κ2) is 8.73. The molecule has 0 aliphatic rings. The molecule has 0 unspecified atom stereocenters. The zero-order valence-electron chi connectivity index (χ0n) is 17.8. The van der Waals surface area contributed by atoms with E-state index in [4.69, 9.17) is 0 Å². The van der Waals surface area contributed by atoms with Gasteiger partial charge in [0.1, 0.15) is 5.56 Å². The lowest BCUT2D eigenvalue weighted by Crippen LogP contribution is -2.29. The van der Waals surface area contributed by atoms with E-state index < -0.39 is 37.8 Å². The summed E-state index contributed by atoms with van der Waals surface area (Å²) >= 11 is 0. The topological polar surface area (TPSA) is 121 Å². The van der Waals surface area contributed by atoms with Gasteiger partial charge in [-0.3, -0.25) is 14.9 Å². The number of carbonyl (C=O) groups is 1. The summed E-state index contributed by atoms with van der Waals surface area (Å²) in [5.41, 5.74) is -4.88. The quantitative estimate of drug-likeness (QED) is 0.191. The van der Waals surface area contributed by atoms with Crippen molar-refractivity contribution in [2.24, 2.45) is 0 Å². The maximum absolute atomic E-state index is 13.2. The molecule has 13 heteroatoms. The van der Waals surface area contributed by atoms with E-state index in [1.54, 1.807) is 20.8 Å². The van der Waals surface area contributed by atoms with E-state index in [1.165, 1.54) is 13.8 Å². The number of nitrogens with zero attached hydrogens (tertiary/aromatic N) is 3. The van der Waals surface area contributed by atoms with Gasteiger partial charge in [-0.15, -0.1) is 0 Å². The molecule has 2 rings (SSSR count). The van der Waals surface area contributed by atoms with Crippen LogP contribution in [0.1, 0.15) is 54.7 Å². The molecule has 2 aromatic rings. The minimum Gasteiger partial charge on any atom is -0.355 e. The summed E-state index contributed by atoms with van der Waals surface area (Å²) in [5, 5.41) is 15.2. The van der Waals surface area contributed by atoms with Crippen LogP contribution in [-0.4, -0.2) is 34.4 Å². The summed E-state index contributed by atoms with van der Waals surface area (Å²) in [5.74, 6) is -1.79. The van der Waals surface area contributed by atoms with E-state index in [9.17, 15) is 36.5 Å². The number of halogens is 3. The van der Waals surface area contributed by atoms with Crippen molar-refractivity contribution in [3.8, 4) is 5.88 Å². The molecule has 0 fully saturated rings. The Labute approximate surface area is 181 Å². The standard InChI is InChI=1S/C19H20F3N3O6S/c1-6-24-18(31-32(29,30)19(20,21)22)14(9-23-24)17(26)13-7-8-15(25(27)28)16(12(13)5)11(4)10(2)3/h7-9H,6H2,1-5H3. The van der Waals surface area contributed by atoms with Crippen LogP contribution in [-0.2, 0) is 16.7 Å². The molecule has 174 valence electrons. The summed E-state index contributed by atoms with van der Waals surface area (Å²) < 4.78 is 66.5. The zero-order chi connectivity index (χ0) is 24.6. The number of hydrogen-bond acceptors (Lipinski definition) is 7. The number of aryl methyl sites for hydroxylation is 1. The van der Waals surface area contributed by atoms with Crippen LogP contribution in [0.4, 0.5) is 18.9 Å². The lowest BCUT2D eigenvalue weighted by atomic mass is 9.90. The van der Waals surface area contributed by atoms with Crippen molar-refractivity contribution < 1.29 is 35.5 Å². The highest BCUT2D eigenvalue weighted by molar-refractivity contribution is 7.88. The number of hydrogen-bond donors (Lipinski definition) is 0. The lowest BCUT2D eigenvalue weighted by molar-refractivity contribution is -0.385. The van der Waals surface area contributed by atoms with E-state index in [1.807, 2.05) is 0 Å². The van der Waals surface area contributed by atoms with Gasteiger partial charge < -0.3 is 4.18 Å². The first-order valence-corrected chi connectivity index (χ1v) is 10.6. The molecule has 0 amide bonds. The van der Waals surface area contributed by atoms with E-state index in [2.05, 4.69) is 9.28 Å². The second-order valence-electron chi connectivity index (χ2n) is 7.01. The molecule has 0 aliphatic carbocycles. The van der Waals surface area contributed by atoms with Gasteiger partial charge in [-0.2, -0.15) is 26.7 Å². The number of ketones is 1. The molecule has 0 spiro atoms. The summed E-state index contributed by atoms with van der Waals surface area (Å²) in [4.78, 5) is 24.1. The third-order valence-corrected chi connectivity index (χ3v) is 5.76. The van der Waals surface area contributed by atoms with Crippen molar-refractivity contribution >= 4 is 27.2 Å². The van der Waals surface area contributed by atoms with Gasteiger partial charge in [0.25, 0.3) is 5.69 Å². The molecule has 9 nitrogen and oxygen atoms in total. The van der Waals surface area contributed by atoms with Gasteiger partial charge >= 0.3 is 15.6 Å². The highest BCUT2D eigenvalue weighted by Gasteiger charge is 2.49. The number of rotatable bonds is 7. The van der Waals surface area contributed by atoms with Crippen molar-refractivity contribution in [3.05, 3.63) is 56.3 Å². The van der Waals surface area contributed by atoms with Gasteiger partial charge in [-0.1, -0.05) is 5.57 Å². The predicted molar refractivity (Wildman–Crippen MR) is 109 cm³/mol. The number of benzene rings is 1. The molecule has 1 aromatic carbocycles. The third kappa shape index (κ3) is 4.52. The monoisotopic (exact) mass is 475 g/mol. The Kier molecular flexibility index (Phi) is 6.83. The van der Waals surface area contributed by atoms with Gasteiger partial charge in [0.05, 0.1) is 16.7 Å². The highest BCUT2D eigenvalue weighted by Crippen LogP contribution is 2.35. The van der Waals surface area contributed by atoms with Crippen LogP contribution in [0.15, 0.2) is 23.9 Å². The Morgan fingerprint density at radius 1 is 1.22 bits per heavy atom. The van der Waals surface area contributed by atoms with Gasteiger partial charge in [0, 0.05) is 18.2 Å². The van der Waals surface area contributed by atoms with Crippen LogP contribution in [0.25, 0.3) is 5.57 Å². The Morgan fingerprint density at radius 3 is 2.28 bits per heavy atom. The Balaban J connectivity index is 2.73. The lowest BCUT2D eigenvalue weighted by Gasteiger charge is -2.14. The number of carbonyl (C=O) groups excluding carboxylic acids is 1. The fourth-order valence-corrected chi connectivity index (χ4v) is 3.44. The van der Waals surface area contributed by atoms with Crippen LogP contribution in [0, 0.1) is 17.0 Å². The number of aromatic nitrogens is 2. The molecule has 32 heavy (non-hydrogen) atoms. The van der Waals surface area contributed by atoms with Crippen LogP contribution in [0.3, 0.4) is 0 Å². The van der Waals surface area contributed by atoms with Crippen molar-refractivity contribution in [1.29, 1.82) is 0 Å². The van der Waals surface area contributed by atoms with Crippen LogP contribution in [0.5, 0.6) is 5.88 Å². The molecule has 0 radical (unpaired) electrons. The van der Waals surface area contributed by atoms with Gasteiger partial charge in [0.15, 0.2) is 5.78 Å². The van der Waals surface area contributed by atoms with E-state index in [0.29, 0.717) is 5.57 Å². The number of nitro benzene ring substituents is 1. The normalized spacial score (nSPS) is 11.9. The Hall–Kier alpha value is -3.22. The van der Waals surface area contributed by atoms with Gasteiger partial charge in [-0.05, 0) is 51.8 Å². The fourth-order valence-electron chi connectivity index (χ4n) is 2.96. The molecular formula is C19H20F3N3O6S. The number of allylic oxidation sites excluding steroid dienone is 2. The van der Waals surface area contributed by atoms with Crippen LogP contribution < -0.4 is 4.18 Å². The molecule has 1 heterocycles. The first-order valence-electron chi connectivity index (χ1n) is 9.17. The summed E-state index contributed by atoms with van der Waals surface area (Å²) in [6.07, 6.45) is 0.890. The minimum atomic E-state index is -6.06. The number of nitro groups is 1. The van der Waals surface area contributed by atoms with E-state index in [0.717, 1.165) is 28.6 Å². The maximum atomic E-state index is 13.2. The van der Waals surface area contributed by atoms with Crippen LogP contribution >= 0.6 is 0 Å². The second-order valence-corrected chi connectivity index (χ2v) is 8.54. The largest absolute Gasteiger partial charge is 0.534 e. The first-order chi connectivity index (χ1) is 14.6. The fraction of sp³-hybridized carbons (Fsp3) is 0.368. The zero-order valence-corrected chi connectivity index (χ0v) is 18.6. The Bertz CT molecular complexity index is 1230. The van der Waals surface area contributed by atoms with Crippen molar-refractivity contribution in [2.45, 2.75) is 46.7 Å². The maximum Gasteiger partial charge on any atom is 0.534 e. The average molecular weight is 475 g/mol. The highest BCUT2D eigenvalue weighted by atomic mass is 32.2. The van der Waals surface area contributed by atoms with E-state index >= 15 is 0 Å². The summed E-state index contributed by atoms with van der Waals surface area (Å²) in [6, 6.07) is 2.27. The number of alkyl halides is 3. The van der Waals surface area contributed by atoms with Gasteiger partial charge in [0.2, 0.25) is 5.88 Å². The summed E-state index contributed by atoms with van der Waals surface area (Å²) in [7, 11) is -6.06. The molecule has 0 saturated heterocycles. The van der Waals surface area contributed by atoms with Crippen molar-refractivity contribution in [2.75, 3.05) is 0 Å². The molecule has 0 N–H and O–H groups in total. The SMILES string of the molecule is CCn1ncc(C(=O)c2ccc([N+](=O)[O-])c(C(C)=C(C)C)c2C)c1OS(=O)(=O)C(F)(F)F. The van der Waals surface area contributed by atoms with E-state index in [-0.39, 0.29) is 28.9 Å². The minimum absolute atomic E-state index is 0.0730. The van der Waals surface area contributed by atoms with Crippen LogP contribution in [0.2, 0.25) is 0 Å². The smallest absolute Gasteiger partial charge is 0.355 e. The molecule has 0 atom stereocenters. The molecule has 0 aliphatic heterocycles. The van der Waals surface area contributed by atoms with Gasteiger partial charge in [-0.25, -0.2) is 4.68 Å². The van der Waals surface area contributed by atoms with Crippen molar-refractivity contribution in [1.82, 2.24) is 9.78 Å². The average Bonchev–Trinajstić information content (AvgIpc) is 3.07. The van der Waals surface area contributed by atoms with Crippen molar-refractivity contribution in [3.63, 3.8) is 0 Å². The predicted octanol–water partition coefficient (Wildman–Crippen LogP) is 4.39. The summed E-state index contributed by atoms with van der Waals surface area (Å²) in [6.45, 7) is 7.93. The third-order valence-electron chi connectivity index (χ3n) is 4.82. The first kappa shape index (κ1) is 25.0. The molecule has 0 saturated carbocycles. The molecule has 1 aromatic heterocycles. The molecular weight excluding hydrogens is 455 g/mol. The Morgan fingerprint density at radius 2 is 1.81 bits per heavy atom. The molecule has 0 bridgehead atoms.